The van der Waals surface area contributed by atoms with Crippen molar-refractivity contribution in [2.75, 3.05) is 0 Å². The van der Waals surface area contributed by atoms with Gasteiger partial charge in [-0.25, -0.2) is 13.8 Å². The number of pyridine rings is 1. The lowest BCUT2D eigenvalue weighted by atomic mass is 10.1. The molecule has 0 N–H and O–H groups in total. The molecule has 1 aromatic rings. The molecule has 0 fully saturated rings. The molecule has 1 aromatic heterocycles. The summed E-state index contributed by atoms with van der Waals surface area (Å²) in [5, 5.41) is 0. The van der Waals surface area contributed by atoms with E-state index in [0.29, 0.717) is 0 Å². The zero-order valence-electron chi connectivity index (χ0n) is 8.41. The van der Waals surface area contributed by atoms with Crippen LogP contribution in [0, 0.1) is 3.70 Å². The number of rotatable bonds is 2. The van der Waals surface area contributed by atoms with Crippen LogP contribution in [0.5, 0.6) is 5.75 Å². The van der Waals surface area contributed by atoms with Gasteiger partial charge in [-0.05, 0) is 22.6 Å². The van der Waals surface area contributed by atoms with Crippen LogP contribution < -0.4 is 4.74 Å². The molecule has 0 bridgehead atoms. The van der Waals surface area contributed by atoms with Crippen molar-refractivity contribution in [3.05, 3.63) is 21.0 Å². The Morgan fingerprint density at radius 1 is 1.11 bits per heavy atom. The highest BCUT2D eigenvalue weighted by Gasteiger charge is 2.44. The number of ether oxygens (including phenoxy) is 1. The van der Waals surface area contributed by atoms with Crippen LogP contribution in [0.1, 0.15) is 17.7 Å². The molecule has 0 aliphatic heterocycles. The van der Waals surface area contributed by atoms with Crippen molar-refractivity contribution in [3.8, 4) is 5.75 Å². The van der Waals surface area contributed by atoms with Gasteiger partial charge in [0.25, 0.3) is 6.43 Å². The minimum Gasteiger partial charge on any atom is -0.405 e. The minimum absolute atomic E-state index is 0.281. The summed E-state index contributed by atoms with van der Waals surface area (Å²) < 4.78 is 101. The number of alkyl halides is 8. The fourth-order valence-electron chi connectivity index (χ4n) is 1.16. The van der Waals surface area contributed by atoms with E-state index in [2.05, 4.69) is 9.72 Å². The Kier molecular flexibility index (Phi) is 4.47. The van der Waals surface area contributed by atoms with Crippen molar-refractivity contribution in [1.82, 2.24) is 4.98 Å². The van der Waals surface area contributed by atoms with E-state index in [1.54, 1.807) is 0 Å². The number of nitrogens with zero attached hydrogens (tertiary/aromatic N) is 1. The largest absolute Gasteiger partial charge is 0.573 e. The van der Waals surface area contributed by atoms with Gasteiger partial charge < -0.3 is 4.74 Å². The van der Waals surface area contributed by atoms with Crippen LogP contribution in [0.15, 0.2) is 6.07 Å². The second-order valence-electron chi connectivity index (χ2n) is 3.05. The van der Waals surface area contributed by atoms with Crippen LogP contribution >= 0.6 is 22.6 Å². The van der Waals surface area contributed by atoms with Crippen molar-refractivity contribution >= 4 is 22.6 Å². The highest BCUT2D eigenvalue weighted by Crippen LogP contribution is 2.43. The fraction of sp³-hybridized carbons (Fsp3) is 0.375. The van der Waals surface area contributed by atoms with Crippen molar-refractivity contribution in [2.45, 2.75) is 19.0 Å². The highest BCUT2D eigenvalue weighted by molar-refractivity contribution is 14.1. The van der Waals surface area contributed by atoms with Crippen LogP contribution in [0.2, 0.25) is 0 Å². The Bertz CT molecular complexity index is 469. The van der Waals surface area contributed by atoms with Gasteiger partial charge >= 0.3 is 12.5 Å². The van der Waals surface area contributed by atoms with Crippen LogP contribution in [0.25, 0.3) is 0 Å². The van der Waals surface area contributed by atoms with Gasteiger partial charge in [0.1, 0.15) is 20.7 Å². The van der Waals surface area contributed by atoms with Gasteiger partial charge in [0.2, 0.25) is 0 Å². The lowest BCUT2D eigenvalue weighted by Gasteiger charge is -2.18. The minimum atomic E-state index is -5.45. The summed E-state index contributed by atoms with van der Waals surface area (Å²) in [6.45, 7) is 0. The van der Waals surface area contributed by atoms with Crippen LogP contribution in [0.3, 0.4) is 0 Å². The third-order valence-electron chi connectivity index (χ3n) is 1.70. The third-order valence-corrected chi connectivity index (χ3v) is 2.25. The Morgan fingerprint density at radius 2 is 1.63 bits per heavy atom. The average molecular weight is 407 g/mol. The van der Waals surface area contributed by atoms with Crippen LogP contribution in [-0.4, -0.2) is 11.3 Å². The Labute approximate surface area is 113 Å². The number of halogens is 9. The summed E-state index contributed by atoms with van der Waals surface area (Å²) in [4.78, 5) is 2.90. The summed E-state index contributed by atoms with van der Waals surface area (Å²) >= 11 is 1.20. The monoisotopic (exact) mass is 407 g/mol. The molecule has 0 aliphatic carbocycles. The molecule has 0 aromatic carbocycles. The molecule has 2 nitrogen and oxygen atoms in total. The molecule has 108 valence electrons. The first kappa shape index (κ1) is 16.2. The third kappa shape index (κ3) is 4.31. The number of aromatic nitrogens is 1. The number of hydrogen-bond acceptors (Lipinski definition) is 2. The van der Waals surface area contributed by atoms with E-state index < -0.39 is 39.7 Å². The van der Waals surface area contributed by atoms with E-state index in [1.165, 1.54) is 22.6 Å². The molecular formula is C8H2F8INO. The van der Waals surface area contributed by atoms with Gasteiger partial charge in [0.05, 0.1) is 0 Å². The lowest BCUT2D eigenvalue weighted by molar-refractivity contribution is -0.276. The van der Waals surface area contributed by atoms with Crippen LogP contribution in [-0.2, 0) is 6.18 Å². The first-order valence-electron chi connectivity index (χ1n) is 4.23. The Balaban J connectivity index is 3.52. The van der Waals surface area contributed by atoms with Crippen molar-refractivity contribution in [3.63, 3.8) is 0 Å². The van der Waals surface area contributed by atoms with Crippen molar-refractivity contribution in [2.24, 2.45) is 0 Å². The quantitative estimate of drug-likeness (QED) is 0.408. The second kappa shape index (κ2) is 5.25. The summed E-state index contributed by atoms with van der Waals surface area (Å²) in [6.07, 6.45) is -14.6. The van der Waals surface area contributed by atoms with E-state index >= 15 is 0 Å². The molecule has 0 aliphatic rings. The van der Waals surface area contributed by atoms with Gasteiger partial charge in [0, 0.05) is 6.07 Å². The van der Waals surface area contributed by atoms with Gasteiger partial charge in [-0.1, -0.05) is 0 Å². The van der Waals surface area contributed by atoms with E-state index in [1.807, 2.05) is 0 Å². The molecular weight excluding hydrogens is 405 g/mol. The molecule has 0 saturated heterocycles. The zero-order chi connectivity index (χ0) is 15.0. The fourth-order valence-corrected chi connectivity index (χ4v) is 1.70. The molecule has 11 heteroatoms. The molecule has 0 saturated carbocycles. The van der Waals surface area contributed by atoms with Gasteiger partial charge in [-0.2, -0.15) is 13.2 Å². The molecule has 0 spiro atoms. The SMILES string of the molecule is FC(F)c1nc(I)cc(OC(F)(F)F)c1C(F)(F)F. The highest BCUT2D eigenvalue weighted by atomic mass is 127. The smallest absolute Gasteiger partial charge is 0.405 e. The molecule has 19 heavy (non-hydrogen) atoms. The normalized spacial score (nSPS) is 12.9. The van der Waals surface area contributed by atoms with E-state index in [0.717, 1.165) is 0 Å². The van der Waals surface area contributed by atoms with Gasteiger partial charge in [0.15, 0.2) is 0 Å². The number of hydrogen-bond donors (Lipinski definition) is 0. The Hall–Kier alpha value is -0.880. The molecule has 0 amide bonds. The average Bonchev–Trinajstić information content (AvgIpc) is 2.10. The molecule has 1 rings (SSSR count). The molecule has 0 atom stereocenters. The standard InChI is InChI=1S/C8H2F8INO/c9-6(10)5-4(7(11,12)13)2(1-3(17)18-5)19-8(14,15)16/h1,6H. The topological polar surface area (TPSA) is 22.1 Å². The summed E-state index contributed by atoms with van der Waals surface area (Å²) in [5.74, 6) is -1.75. The maximum absolute atomic E-state index is 12.6. The van der Waals surface area contributed by atoms with Crippen molar-refractivity contribution in [1.29, 1.82) is 0 Å². The van der Waals surface area contributed by atoms with Crippen LogP contribution in [0.4, 0.5) is 35.1 Å². The zero-order valence-corrected chi connectivity index (χ0v) is 10.6. The molecule has 0 unspecified atom stereocenters. The molecule has 0 radical (unpaired) electrons. The second-order valence-corrected chi connectivity index (χ2v) is 4.15. The lowest BCUT2D eigenvalue weighted by Crippen LogP contribution is -2.22. The summed E-state index contributed by atoms with van der Waals surface area (Å²) in [5.41, 5.74) is -4.04. The van der Waals surface area contributed by atoms with E-state index in [4.69, 9.17) is 0 Å². The summed E-state index contributed by atoms with van der Waals surface area (Å²) in [6, 6.07) is 0.281. The first-order chi connectivity index (χ1) is 8.42. The summed E-state index contributed by atoms with van der Waals surface area (Å²) in [7, 11) is 0. The molecule has 1 heterocycles. The predicted molar refractivity (Wildman–Crippen MR) is 53.6 cm³/mol. The predicted octanol–water partition coefficient (Wildman–Crippen LogP) is 4.54. The van der Waals surface area contributed by atoms with Crippen molar-refractivity contribution < 1.29 is 39.9 Å². The Morgan fingerprint density at radius 3 is 2.00 bits per heavy atom. The maximum atomic E-state index is 12.6. The first-order valence-corrected chi connectivity index (χ1v) is 5.31. The van der Waals surface area contributed by atoms with Gasteiger partial charge in [-0.3, -0.25) is 0 Å². The van der Waals surface area contributed by atoms with E-state index in [-0.39, 0.29) is 6.07 Å². The maximum Gasteiger partial charge on any atom is 0.573 e. The van der Waals surface area contributed by atoms with E-state index in [9.17, 15) is 35.1 Å². The van der Waals surface area contributed by atoms with Gasteiger partial charge in [-0.15, -0.1) is 13.2 Å².